The van der Waals surface area contributed by atoms with Gasteiger partial charge in [-0.15, -0.1) is 11.3 Å². The van der Waals surface area contributed by atoms with Crippen molar-refractivity contribution in [2.45, 2.75) is 25.8 Å². The molecule has 0 aliphatic heterocycles. The van der Waals surface area contributed by atoms with Crippen LogP contribution in [-0.4, -0.2) is 11.5 Å². The Bertz CT molecular complexity index is 470. The van der Waals surface area contributed by atoms with Gasteiger partial charge in [0.05, 0.1) is 0 Å². The molecule has 1 atom stereocenters. The van der Waals surface area contributed by atoms with E-state index in [-0.39, 0.29) is 0 Å². The predicted molar refractivity (Wildman–Crippen MR) is 81.0 cm³/mol. The highest BCUT2D eigenvalue weighted by molar-refractivity contribution is 9.10. The van der Waals surface area contributed by atoms with Gasteiger partial charge in [-0.25, -0.2) is 0 Å². The van der Waals surface area contributed by atoms with Gasteiger partial charge in [-0.2, -0.15) is 0 Å². The Balaban J connectivity index is 2.10. The van der Waals surface area contributed by atoms with E-state index in [4.69, 9.17) is 0 Å². The van der Waals surface area contributed by atoms with Crippen LogP contribution in [0, 0.1) is 0 Å². The topological polar surface area (TPSA) is 24.9 Å². The molecule has 2 rings (SSSR count). The maximum absolute atomic E-state index is 4.09. The molecule has 0 radical (unpaired) electrons. The van der Waals surface area contributed by atoms with Crippen molar-refractivity contribution in [1.29, 1.82) is 0 Å². The molecular formula is C14H17BrN2S. The van der Waals surface area contributed by atoms with Gasteiger partial charge < -0.3 is 5.32 Å². The second-order valence-electron chi connectivity index (χ2n) is 4.22. The molecule has 0 spiro atoms. The van der Waals surface area contributed by atoms with E-state index in [9.17, 15) is 0 Å². The molecule has 0 fully saturated rings. The molecule has 2 heterocycles. The van der Waals surface area contributed by atoms with Gasteiger partial charge in [-0.1, -0.05) is 6.92 Å². The number of halogens is 1. The van der Waals surface area contributed by atoms with Crippen LogP contribution in [0.4, 0.5) is 0 Å². The molecule has 18 heavy (non-hydrogen) atoms. The summed E-state index contributed by atoms with van der Waals surface area (Å²) >= 11 is 5.31. The Kier molecular flexibility index (Phi) is 5.35. The van der Waals surface area contributed by atoms with Crippen molar-refractivity contribution in [2.24, 2.45) is 0 Å². The SMILES string of the molecule is CCCNC(Cc1cc(Br)cs1)c1ccncc1. The van der Waals surface area contributed by atoms with Crippen LogP contribution in [-0.2, 0) is 6.42 Å². The van der Waals surface area contributed by atoms with Crippen LogP contribution in [0.15, 0.2) is 40.4 Å². The summed E-state index contributed by atoms with van der Waals surface area (Å²) in [7, 11) is 0. The van der Waals surface area contributed by atoms with E-state index in [1.165, 1.54) is 14.9 Å². The van der Waals surface area contributed by atoms with Crippen molar-refractivity contribution in [2.75, 3.05) is 6.54 Å². The van der Waals surface area contributed by atoms with Crippen LogP contribution < -0.4 is 5.32 Å². The second-order valence-corrected chi connectivity index (χ2v) is 6.13. The van der Waals surface area contributed by atoms with Gasteiger partial charge in [0.2, 0.25) is 0 Å². The van der Waals surface area contributed by atoms with Gasteiger partial charge in [0.15, 0.2) is 0 Å². The van der Waals surface area contributed by atoms with Gasteiger partial charge in [-0.05, 0) is 52.7 Å². The van der Waals surface area contributed by atoms with E-state index in [1.54, 1.807) is 11.3 Å². The van der Waals surface area contributed by atoms with E-state index in [0.29, 0.717) is 6.04 Å². The number of hydrogen-bond acceptors (Lipinski definition) is 3. The third-order valence-electron chi connectivity index (χ3n) is 2.78. The molecule has 0 saturated heterocycles. The highest BCUT2D eigenvalue weighted by Gasteiger charge is 2.12. The number of hydrogen-bond donors (Lipinski definition) is 1. The molecule has 0 aromatic carbocycles. The minimum Gasteiger partial charge on any atom is -0.310 e. The summed E-state index contributed by atoms with van der Waals surface area (Å²) in [5.41, 5.74) is 1.31. The lowest BCUT2D eigenvalue weighted by atomic mass is 10.0. The number of pyridine rings is 1. The lowest BCUT2D eigenvalue weighted by Crippen LogP contribution is -2.23. The Hall–Kier alpha value is -0.710. The Labute approximate surface area is 121 Å². The lowest BCUT2D eigenvalue weighted by molar-refractivity contribution is 0.532. The Morgan fingerprint density at radius 2 is 2.17 bits per heavy atom. The largest absolute Gasteiger partial charge is 0.310 e. The summed E-state index contributed by atoms with van der Waals surface area (Å²) < 4.78 is 1.17. The predicted octanol–water partition coefficient (Wildman–Crippen LogP) is 4.19. The number of nitrogens with one attached hydrogen (secondary N) is 1. The van der Waals surface area contributed by atoms with Crippen molar-refractivity contribution in [1.82, 2.24) is 10.3 Å². The molecule has 1 N–H and O–H groups in total. The van der Waals surface area contributed by atoms with Gasteiger partial charge >= 0.3 is 0 Å². The zero-order valence-corrected chi connectivity index (χ0v) is 12.8. The molecule has 0 saturated carbocycles. The first-order chi connectivity index (χ1) is 8.79. The fourth-order valence-electron chi connectivity index (χ4n) is 1.88. The number of thiophene rings is 1. The highest BCUT2D eigenvalue weighted by Crippen LogP contribution is 2.25. The fourth-order valence-corrected chi connectivity index (χ4v) is 3.38. The first kappa shape index (κ1) is 13.7. The van der Waals surface area contributed by atoms with E-state index >= 15 is 0 Å². The van der Waals surface area contributed by atoms with Crippen molar-refractivity contribution < 1.29 is 0 Å². The molecule has 4 heteroatoms. The molecule has 2 aromatic rings. The molecule has 96 valence electrons. The zero-order chi connectivity index (χ0) is 12.8. The summed E-state index contributed by atoms with van der Waals surface area (Å²) in [5, 5.41) is 5.74. The summed E-state index contributed by atoms with van der Waals surface area (Å²) in [5.74, 6) is 0. The van der Waals surface area contributed by atoms with Crippen LogP contribution in [0.3, 0.4) is 0 Å². The number of rotatable bonds is 6. The van der Waals surface area contributed by atoms with Gasteiger partial charge in [-0.3, -0.25) is 4.98 Å². The molecule has 0 aliphatic carbocycles. The maximum atomic E-state index is 4.09. The lowest BCUT2D eigenvalue weighted by Gasteiger charge is -2.18. The minimum atomic E-state index is 0.374. The van der Waals surface area contributed by atoms with E-state index in [0.717, 1.165) is 19.4 Å². The zero-order valence-electron chi connectivity index (χ0n) is 10.4. The van der Waals surface area contributed by atoms with Crippen LogP contribution in [0.5, 0.6) is 0 Å². The standard InChI is InChI=1S/C14H17BrN2S/c1-2-5-17-14(11-3-6-16-7-4-11)9-13-8-12(15)10-18-13/h3-4,6-8,10,14,17H,2,5,9H2,1H3. The van der Waals surface area contributed by atoms with Crippen molar-refractivity contribution in [3.63, 3.8) is 0 Å². The third-order valence-corrected chi connectivity index (χ3v) is 4.50. The number of nitrogens with zero attached hydrogens (tertiary/aromatic N) is 1. The second kappa shape index (κ2) is 7.02. The van der Waals surface area contributed by atoms with E-state index in [1.807, 2.05) is 12.4 Å². The summed E-state index contributed by atoms with van der Waals surface area (Å²) in [4.78, 5) is 5.48. The van der Waals surface area contributed by atoms with E-state index in [2.05, 4.69) is 56.7 Å². The first-order valence-electron chi connectivity index (χ1n) is 6.16. The summed E-state index contributed by atoms with van der Waals surface area (Å²) in [6.45, 7) is 3.23. The summed E-state index contributed by atoms with van der Waals surface area (Å²) in [6.07, 6.45) is 5.90. The quantitative estimate of drug-likeness (QED) is 0.861. The first-order valence-corrected chi connectivity index (χ1v) is 7.83. The van der Waals surface area contributed by atoms with Crippen LogP contribution >= 0.6 is 27.3 Å². The average Bonchev–Trinajstić information content (AvgIpc) is 2.81. The highest BCUT2D eigenvalue weighted by atomic mass is 79.9. The van der Waals surface area contributed by atoms with Gasteiger partial charge in [0.25, 0.3) is 0 Å². The van der Waals surface area contributed by atoms with Crippen LogP contribution in [0.25, 0.3) is 0 Å². The third kappa shape index (κ3) is 3.90. The van der Waals surface area contributed by atoms with Gasteiger partial charge in [0, 0.05) is 39.6 Å². The minimum absolute atomic E-state index is 0.374. The monoisotopic (exact) mass is 324 g/mol. The molecule has 2 aromatic heterocycles. The average molecular weight is 325 g/mol. The molecular weight excluding hydrogens is 308 g/mol. The van der Waals surface area contributed by atoms with Crippen molar-refractivity contribution in [3.8, 4) is 0 Å². The van der Waals surface area contributed by atoms with E-state index < -0.39 is 0 Å². The molecule has 2 nitrogen and oxygen atoms in total. The molecule has 1 unspecified atom stereocenters. The Morgan fingerprint density at radius 3 is 2.78 bits per heavy atom. The smallest absolute Gasteiger partial charge is 0.0369 e. The van der Waals surface area contributed by atoms with Gasteiger partial charge in [0.1, 0.15) is 0 Å². The van der Waals surface area contributed by atoms with Crippen LogP contribution in [0.1, 0.15) is 29.8 Å². The van der Waals surface area contributed by atoms with Crippen molar-refractivity contribution in [3.05, 3.63) is 50.9 Å². The van der Waals surface area contributed by atoms with Crippen molar-refractivity contribution >= 4 is 27.3 Å². The maximum Gasteiger partial charge on any atom is 0.0369 e. The molecule has 0 aliphatic rings. The number of aromatic nitrogens is 1. The fraction of sp³-hybridized carbons (Fsp3) is 0.357. The summed E-state index contributed by atoms with van der Waals surface area (Å²) in [6, 6.07) is 6.76. The Morgan fingerprint density at radius 1 is 1.39 bits per heavy atom. The normalized spacial score (nSPS) is 12.6. The van der Waals surface area contributed by atoms with Crippen LogP contribution in [0.2, 0.25) is 0 Å². The molecule has 0 amide bonds. The molecule has 0 bridgehead atoms.